The smallest absolute Gasteiger partial charge is 0.337 e. The number of carbonyl (C=O) groups is 1. The molecule has 5 unspecified atom stereocenters. The molecule has 0 bridgehead atoms. The number of halogens is 2. The van der Waals surface area contributed by atoms with Gasteiger partial charge >= 0.3 is 5.97 Å². The largest absolute Gasteiger partial charge is 0.467 e. The molecule has 8 nitrogen and oxygen atoms in total. The molecular formula is C14H13Br2NO7. The summed E-state index contributed by atoms with van der Waals surface area (Å²) in [5.74, 6) is -0.731. The van der Waals surface area contributed by atoms with Gasteiger partial charge in [-0.15, -0.1) is 0 Å². The van der Waals surface area contributed by atoms with Crippen LogP contribution in [0, 0.1) is 11.3 Å². The molecule has 5 atom stereocenters. The molecule has 1 aromatic rings. The molecule has 1 aliphatic rings. The van der Waals surface area contributed by atoms with Crippen molar-refractivity contribution in [1.82, 2.24) is 0 Å². The Kier molecular flexibility index (Phi) is 6.19. The molecule has 0 spiro atoms. The molecular weight excluding hydrogens is 454 g/mol. The third kappa shape index (κ3) is 3.72. The quantitative estimate of drug-likeness (QED) is 0.547. The summed E-state index contributed by atoms with van der Waals surface area (Å²) in [7, 11) is 1.10. The number of esters is 1. The number of rotatable bonds is 3. The van der Waals surface area contributed by atoms with Crippen LogP contribution in [0.5, 0.6) is 5.75 Å². The van der Waals surface area contributed by atoms with E-state index in [2.05, 4.69) is 36.6 Å². The highest BCUT2D eigenvalue weighted by Gasteiger charge is 2.48. The van der Waals surface area contributed by atoms with Crippen molar-refractivity contribution < 1.29 is 34.3 Å². The van der Waals surface area contributed by atoms with Gasteiger partial charge in [0.15, 0.2) is 11.9 Å². The molecule has 24 heavy (non-hydrogen) atoms. The Balaban J connectivity index is 2.28. The van der Waals surface area contributed by atoms with E-state index in [0.29, 0.717) is 14.5 Å². The Morgan fingerprint density at radius 1 is 1.21 bits per heavy atom. The molecule has 1 aliphatic heterocycles. The van der Waals surface area contributed by atoms with Crippen LogP contribution in [0.4, 0.5) is 0 Å². The summed E-state index contributed by atoms with van der Waals surface area (Å²) in [6, 6.07) is 4.93. The Bertz CT molecular complexity index is 655. The monoisotopic (exact) mass is 465 g/mol. The SMILES string of the molecule is COC(=O)C1OC(Oc2c(Br)cc(C#N)cc2Br)C(O)C(O)C1O. The van der Waals surface area contributed by atoms with Gasteiger partial charge in [0.05, 0.1) is 27.7 Å². The number of nitrogens with zero attached hydrogens (tertiary/aromatic N) is 1. The highest BCUT2D eigenvalue weighted by Crippen LogP contribution is 2.37. The minimum Gasteiger partial charge on any atom is -0.467 e. The van der Waals surface area contributed by atoms with E-state index < -0.39 is 36.7 Å². The standard InChI is InChI=1S/C14H13Br2NO7/c1-22-13(21)12-9(19)8(18)10(20)14(24-12)23-11-6(15)2-5(4-17)3-7(11)16/h2-3,8-10,12,14,18-20H,1H3. The second-order valence-electron chi connectivity index (χ2n) is 4.92. The van der Waals surface area contributed by atoms with E-state index >= 15 is 0 Å². The van der Waals surface area contributed by atoms with Gasteiger partial charge in [-0.05, 0) is 44.0 Å². The van der Waals surface area contributed by atoms with Crippen molar-refractivity contribution in [2.24, 2.45) is 0 Å². The van der Waals surface area contributed by atoms with Crippen molar-refractivity contribution in [2.75, 3.05) is 7.11 Å². The van der Waals surface area contributed by atoms with E-state index in [1.165, 1.54) is 12.1 Å². The summed E-state index contributed by atoms with van der Waals surface area (Å²) in [6.07, 6.45) is -7.93. The summed E-state index contributed by atoms with van der Waals surface area (Å²) in [4.78, 5) is 11.6. The first kappa shape index (κ1) is 19.1. The Morgan fingerprint density at radius 2 is 1.79 bits per heavy atom. The summed E-state index contributed by atoms with van der Waals surface area (Å²) in [5, 5.41) is 38.7. The minimum absolute atomic E-state index is 0.185. The molecule has 1 aromatic carbocycles. The number of nitriles is 1. The van der Waals surface area contributed by atoms with Crippen LogP contribution in [0.25, 0.3) is 0 Å². The predicted octanol–water partition coefficient (Wildman–Crippen LogP) is 0.443. The highest BCUT2D eigenvalue weighted by atomic mass is 79.9. The first-order valence-corrected chi connectivity index (χ1v) is 8.22. The van der Waals surface area contributed by atoms with Crippen molar-refractivity contribution >= 4 is 37.8 Å². The molecule has 10 heteroatoms. The molecule has 0 aromatic heterocycles. The van der Waals surface area contributed by atoms with Crippen molar-refractivity contribution in [3.63, 3.8) is 0 Å². The zero-order valence-electron chi connectivity index (χ0n) is 12.2. The van der Waals surface area contributed by atoms with Crippen LogP contribution >= 0.6 is 31.9 Å². The zero-order valence-corrected chi connectivity index (χ0v) is 15.4. The third-order valence-electron chi connectivity index (χ3n) is 3.36. The highest BCUT2D eigenvalue weighted by molar-refractivity contribution is 9.11. The third-order valence-corrected chi connectivity index (χ3v) is 4.54. The maximum Gasteiger partial charge on any atom is 0.337 e. The Hall–Kier alpha value is -1.22. The van der Waals surface area contributed by atoms with Gasteiger partial charge < -0.3 is 29.5 Å². The van der Waals surface area contributed by atoms with Crippen LogP contribution in [-0.2, 0) is 14.3 Å². The molecule has 1 fully saturated rings. The fourth-order valence-corrected chi connectivity index (χ4v) is 3.48. The van der Waals surface area contributed by atoms with E-state index in [4.69, 9.17) is 14.7 Å². The lowest BCUT2D eigenvalue weighted by Gasteiger charge is -2.39. The van der Waals surface area contributed by atoms with Crippen molar-refractivity contribution in [1.29, 1.82) is 5.26 Å². The average molecular weight is 467 g/mol. The molecule has 0 aliphatic carbocycles. The van der Waals surface area contributed by atoms with Gasteiger partial charge in [0.1, 0.15) is 18.3 Å². The Labute approximate surface area is 153 Å². The maximum atomic E-state index is 11.6. The summed E-state index contributed by atoms with van der Waals surface area (Å²) >= 11 is 6.45. The fourth-order valence-electron chi connectivity index (χ4n) is 2.11. The van der Waals surface area contributed by atoms with Crippen LogP contribution in [-0.4, -0.2) is 59.1 Å². The lowest BCUT2D eigenvalue weighted by molar-refractivity contribution is -0.272. The van der Waals surface area contributed by atoms with E-state index in [9.17, 15) is 20.1 Å². The van der Waals surface area contributed by atoms with Gasteiger partial charge in [-0.1, -0.05) is 0 Å². The number of methoxy groups -OCH3 is 1. The summed E-state index contributed by atoms with van der Waals surface area (Å²) in [6.45, 7) is 0. The first-order valence-electron chi connectivity index (χ1n) is 6.63. The topological polar surface area (TPSA) is 129 Å². The van der Waals surface area contributed by atoms with Crippen LogP contribution in [0.1, 0.15) is 5.56 Å². The van der Waals surface area contributed by atoms with Gasteiger partial charge in [-0.2, -0.15) is 5.26 Å². The number of aliphatic hydroxyl groups excluding tert-OH is 3. The van der Waals surface area contributed by atoms with Crippen molar-refractivity contribution in [2.45, 2.75) is 30.7 Å². The van der Waals surface area contributed by atoms with Crippen molar-refractivity contribution in [3.05, 3.63) is 26.6 Å². The van der Waals surface area contributed by atoms with Gasteiger partial charge in [0, 0.05) is 0 Å². The van der Waals surface area contributed by atoms with Crippen LogP contribution in [0.2, 0.25) is 0 Å². The second-order valence-corrected chi connectivity index (χ2v) is 6.63. The fraction of sp³-hybridized carbons (Fsp3) is 0.429. The Morgan fingerprint density at radius 3 is 2.29 bits per heavy atom. The van der Waals surface area contributed by atoms with Gasteiger partial charge in [-0.3, -0.25) is 0 Å². The van der Waals surface area contributed by atoms with E-state index in [-0.39, 0.29) is 5.75 Å². The number of benzene rings is 1. The average Bonchev–Trinajstić information content (AvgIpc) is 2.56. The van der Waals surface area contributed by atoms with Crippen LogP contribution in [0.15, 0.2) is 21.1 Å². The normalized spacial score (nSPS) is 29.6. The molecule has 3 N–H and O–H groups in total. The summed E-state index contributed by atoms with van der Waals surface area (Å²) in [5.41, 5.74) is 0.356. The van der Waals surface area contributed by atoms with E-state index in [0.717, 1.165) is 7.11 Å². The first-order chi connectivity index (χ1) is 11.3. The predicted molar refractivity (Wildman–Crippen MR) is 85.9 cm³/mol. The number of hydrogen-bond acceptors (Lipinski definition) is 8. The number of hydrogen-bond donors (Lipinski definition) is 3. The zero-order chi connectivity index (χ0) is 18.0. The number of carbonyl (C=O) groups excluding carboxylic acids is 1. The molecule has 1 saturated heterocycles. The van der Waals surface area contributed by atoms with E-state index in [1.807, 2.05) is 6.07 Å². The second kappa shape index (κ2) is 7.77. The number of aliphatic hydroxyl groups is 3. The maximum absolute atomic E-state index is 11.6. The van der Waals surface area contributed by atoms with Crippen LogP contribution < -0.4 is 4.74 Å². The molecule has 0 amide bonds. The van der Waals surface area contributed by atoms with Gasteiger partial charge in [-0.25, -0.2) is 4.79 Å². The van der Waals surface area contributed by atoms with Gasteiger partial charge in [0.2, 0.25) is 6.29 Å². The lowest BCUT2D eigenvalue weighted by Crippen LogP contribution is -2.61. The lowest BCUT2D eigenvalue weighted by atomic mass is 9.99. The van der Waals surface area contributed by atoms with Crippen LogP contribution in [0.3, 0.4) is 0 Å². The molecule has 1 heterocycles. The van der Waals surface area contributed by atoms with Crippen molar-refractivity contribution in [3.8, 4) is 11.8 Å². The molecule has 130 valence electrons. The molecule has 2 rings (SSSR count). The molecule has 0 radical (unpaired) electrons. The minimum atomic E-state index is -1.68. The summed E-state index contributed by atoms with van der Waals surface area (Å²) < 4.78 is 16.0. The van der Waals surface area contributed by atoms with E-state index in [1.54, 1.807) is 0 Å². The molecule has 0 saturated carbocycles. The number of ether oxygens (including phenoxy) is 3. The van der Waals surface area contributed by atoms with Gasteiger partial charge in [0.25, 0.3) is 0 Å².